The Bertz CT molecular complexity index is 961. The van der Waals surface area contributed by atoms with Crippen LogP contribution in [0.3, 0.4) is 0 Å². The van der Waals surface area contributed by atoms with Gasteiger partial charge in [0.25, 0.3) is 5.91 Å². The number of fused-ring (bicyclic) bond motifs is 1. The summed E-state index contributed by atoms with van der Waals surface area (Å²) in [6.45, 7) is 4.50. The maximum atomic E-state index is 12.9. The summed E-state index contributed by atoms with van der Waals surface area (Å²) in [5.41, 5.74) is 1.57. The number of sulfone groups is 1. The fourth-order valence-electron chi connectivity index (χ4n) is 3.89. The molecule has 1 aromatic carbocycles. The lowest BCUT2D eigenvalue weighted by Crippen LogP contribution is -2.52. The number of hydrogen-bond donors (Lipinski definition) is 0. The van der Waals surface area contributed by atoms with E-state index >= 15 is 0 Å². The number of aryl methyl sites for hydroxylation is 1. The topological polar surface area (TPSA) is 70.8 Å². The lowest BCUT2D eigenvalue weighted by atomic mass is 10.1. The predicted molar refractivity (Wildman–Crippen MR) is 103 cm³/mol. The molecular formula is C18H21BrN2O4S. The van der Waals surface area contributed by atoms with E-state index in [1.54, 1.807) is 4.90 Å². The molecule has 0 N–H and O–H groups in total. The Morgan fingerprint density at radius 3 is 2.62 bits per heavy atom. The number of carbonyl (C=O) groups excluding carboxylic acids is 1. The van der Waals surface area contributed by atoms with Gasteiger partial charge in [0.05, 0.1) is 11.5 Å². The normalized spacial score (nSPS) is 23.6. The second-order valence-electron chi connectivity index (χ2n) is 7.08. The molecule has 1 aromatic heterocycles. The molecule has 6 nitrogen and oxygen atoms in total. The number of amides is 1. The van der Waals surface area contributed by atoms with E-state index in [2.05, 4.69) is 20.8 Å². The Kier molecular flexibility index (Phi) is 4.61. The number of carbonyl (C=O) groups is 1. The number of rotatable bonds is 2. The summed E-state index contributed by atoms with van der Waals surface area (Å²) in [7, 11) is -2.88. The second kappa shape index (κ2) is 6.65. The number of furan rings is 1. The van der Waals surface area contributed by atoms with Crippen LogP contribution in [0.15, 0.2) is 27.1 Å². The van der Waals surface area contributed by atoms with Crippen molar-refractivity contribution in [2.24, 2.45) is 0 Å². The Labute approximate surface area is 161 Å². The molecule has 3 heterocycles. The van der Waals surface area contributed by atoms with Gasteiger partial charge in [0.15, 0.2) is 15.6 Å². The first-order valence-electron chi connectivity index (χ1n) is 8.76. The molecule has 2 aliphatic heterocycles. The molecule has 2 fully saturated rings. The lowest BCUT2D eigenvalue weighted by Gasteiger charge is -2.37. The number of piperazine rings is 1. The van der Waals surface area contributed by atoms with Crippen molar-refractivity contribution in [3.63, 3.8) is 0 Å². The average Bonchev–Trinajstić information content (AvgIpc) is 3.14. The van der Waals surface area contributed by atoms with Gasteiger partial charge in [-0.05, 0) is 31.5 Å². The molecule has 1 atom stereocenters. The molecule has 2 aliphatic rings. The third kappa shape index (κ3) is 3.30. The Morgan fingerprint density at radius 2 is 1.96 bits per heavy atom. The van der Waals surface area contributed by atoms with Crippen LogP contribution in [0.1, 0.15) is 22.5 Å². The fraction of sp³-hybridized carbons (Fsp3) is 0.500. The fourth-order valence-corrected chi connectivity index (χ4v) is 6.02. The van der Waals surface area contributed by atoms with Crippen molar-refractivity contribution in [1.29, 1.82) is 0 Å². The van der Waals surface area contributed by atoms with E-state index in [1.165, 1.54) is 0 Å². The van der Waals surface area contributed by atoms with Crippen LogP contribution in [0, 0.1) is 6.92 Å². The van der Waals surface area contributed by atoms with E-state index in [0.29, 0.717) is 43.9 Å². The zero-order valence-corrected chi connectivity index (χ0v) is 17.0. The highest BCUT2D eigenvalue weighted by atomic mass is 79.9. The third-order valence-electron chi connectivity index (χ3n) is 5.42. The van der Waals surface area contributed by atoms with E-state index in [9.17, 15) is 13.2 Å². The van der Waals surface area contributed by atoms with Gasteiger partial charge in [-0.3, -0.25) is 9.69 Å². The van der Waals surface area contributed by atoms with Gasteiger partial charge >= 0.3 is 0 Å². The molecule has 0 saturated carbocycles. The Morgan fingerprint density at radius 1 is 1.23 bits per heavy atom. The van der Waals surface area contributed by atoms with Crippen LogP contribution in [-0.2, 0) is 9.84 Å². The molecule has 1 amide bonds. The van der Waals surface area contributed by atoms with Gasteiger partial charge in [-0.1, -0.05) is 15.9 Å². The largest absolute Gasteiger partial charge is 0.451 e. The van der Waals surface area contributed by atoms with E-state index in [0.717, 1.165) is 15.4 Å². The minimum absolute atomic E-state index is 0.0893. The standard InChI is InChI=1S/C18H21BrN2O4S/c1-12-15-10-13(19)2-3-16(15)25-17(12)18(22)21-7-5-20(6-8-21)14-4-9-26(23,24)11-14/h2-3,10,14H,4-9,11H2,1H3. The van der Waals surface area contributed by atoms with Gasteiger partial charge < -0.3 is 9.32 Å². The Balaban J connectivity index is 1.46. The van der Waals surface area contributed by atoms with Gasteiger partial charge in [0.2, 0.25) is 0 Å². The third-order valence-corrected chi connectivity index (χ3v) is 7.66. The first-order chi connectivity index (χ1) is 12.3. The van der Waals surface area contributed by atoms with Crippen LogP contribution in [0.5, 0.6) is 0 Å². The van der Waals surface area contributed by atoms with Crippen molar-refractivity contribution < 1.29 is 17.6 Å². The van der Waals surface area contributed by atoms with Crippen molar-refractivity contribution in [1.82, 2.24) is 9.80 Å². The van der Waals surface area contributed by atoms with Gasteiger partial charge in [0.1, 0.15) is 5.58 Å². The van der Waals surface area contributed by atoms with Crippen molar-refractivity contribution in [2.45, 2.75) is 19.4 Å². The molecule has 1 unspecified atom stereocenters. The zero-order chi connectivity index (χ0) is 18.5. The molecule has 140 valence electrons. The number of benzene rings is 1. The molecule has 0 bridgehead atoms. The smallest absolute Gasteiger partial charge is 0.289 e. The quantitative estimate of drug-likeness (QED) is 0.716. The van der Waals surface area contributed by atoms with Crippen LogP contribution in [0.4, 0.5) is 0 Å². The van der Waals surface area contributed by atoms with Crippen molar-refractivity contribution >= 4 is 42.6 Å². The van der Waals surface area contributed by atoms with Crippen molar-refractivity contribution in [2.75, 3.05) is 37.7 Å². The highest BCUT2D eigenvalue weighted by Gasteiger charge is 2.35. The SMILES string of the molecule is Cc1c(C(=O)N2CCN(C3CCS(=O)(=O)C3)CC2)oc2ccc(Br)cc12. The number of hydrogen-bond acceptors (Lipinski definition) is 5. The van der Waals surface area contributed by atoms with Gasteiger partial charge in [0, 0.05) is 47.6 Å². The van der Waals surface area contributed by atoms with E-state index in [4.69, 9.17) is 4.42 Å². The molecule has 26 heavy (non-hydrogen) atoms. The molecule has 8 heteroatoms. The van der Waals surface area contributed by atoms with Gasteiger partial charge in [-0.15, -0.1) is 0 Å². The van der Waals surface area contributed by atoms with E-state index in [1.807, 2.05) is 25.1 Å². The second-order valence-corrected chi connectivity index (χ2v) is 10.2. The van der Waals surface area contributed by atoms with Crippen LogP contribution in [-0.4, -0.2) is 67.9 Å². The highest BCUT2D eigenvalue weighted by Crippen LogP contribution is 2.29. The van der Waals surface area contributed by atoms with E-state index < -0.39 is 9.84 Å². The number of nitrogens with zero attached hydrogens (tertiary/aromatic N) is 2. The summed E-state index contributed by atoms with van der Waals surface area (Å²) >= 11 is 3.45. The predicted octanol–water partition coefficient (Wildman–Crippen LogP) is 2.45. The summed E-state index contributed by atoms with van der Waals surface area (Å²) in [5, 5.41) is 0.942. The summed E-state index contributed by atoms with van der Waals surface area (Å²) in [5.74, 6) is 0.840. The lowest BCUT2D eigenvalue weighted by molar-refractivity contribution is 0.0560. The van der Waals surface area contributed by atoms with Gasteiger partial charge in [-0.2, -0.15) is 0 Å². The van der Waals surface area contributed by atoms with Crippen molar-refractivity contribution in [3.8, 4) is 0 Å². The molecule has 0 radical (unpaired) electrons. The molecule has 0 spiro atoms. The molecule has 0 aliphatic carbocycles. The summed E-state index contributed by atoms with van der Waals surface area (Å²) in [6.07, 6.45) is 0.702. The Hall–Kier alpha value is -1.38. The molecule has 2 aromatic rings. The first kappa shape index (κ1) is 18.0. The maximum absolute atomic E-state index is 12.9. The summed E-state index contributed by atoms with van der Waals surface area (Å²) in [4.78, 5) is 16.9. The molecule has 2 saturated heterocycles. The minimum Gasteiger partial charge on any atom is -0.451 e. The highest BCUT2D eigenvalue weighted by molar-refractivity contribution is 9.10. The minimum atomic E-state index is -2.88. The summed E-state index contributed by atoms with van der Waals surface area (Å²) < 4.78 is 30.1. The zero-order valence-electron chi connectivity index (χ0n) is 14.6. The van der Waals surface area contributed by atoms with Crippen LogP contribution in [0.2, 0.25) is 0 Å². The van der Waals surface area contributed by atoms with Crippen LogP contribution >= 0.6 is 15.9 Å². The van der Waals surface area contributed by atoms with E-state index in [-0.39, 0.29) is 23.5 Å². The van der Waals surface area contributed by atoms with Crippen LogP contribution < -0.4 is 0 Å². The summed E-state index contributed by atoms with van der Waals surface area (Å²) in [6, 6.07) is 5.82. The number of halogens is 1. The maximum Gasteiger partial charge on any atom is 0.289 e. The molecular weight excluding hydrogens is 420 g/mol. The van der Waals surface area contributed by atoms with Crippen LogP contribution in [0.25, 0.3) is 11.0 Å². The molecule has 4 rings (SSSR count). The average molecular weight is 441 g/mol. The first-order valence-corrected chi connectivity index (χ1v) is 11.4. The van der Waals surface area contributed by atoms with Gasteiger partial charge in [-0.25, -0.2) is 8.42 Å². The monoisotopic (exact) mass is 440 g/mol. The van der Waals surface area contributed by atoms with Crippen molar-refractivity contribution in [3.05, 3.63) is 34.0 Å².